The number of methoxy groups -OCH3 is 2. The predicted octanol–water partition coefficient (Wildman–Crippen LogP) is 3.07. The number of hydrogen-bond acceptors (Lipinski definition) is 10. The number of aromatic nitrogens is 3. The van der Waals surface area contributed by atoms with E-state index < -0.39 is 6.03 Å². The van der Waals surface area contributed by atoms with E-state index in [1.54, 1.807) is 37.4 Å². The number of ether oxygens (including phenoxy) is 3. The summed E-state index contributed by atoms with van der Waals surface area (Å²) >= 11 is 1.40. The van der Waals surface area contributed by atoms with Crippen LogP contribution in [0.1, 0.15) is 33.8 Å². The molecule has 1 fully saturated rings. The third-order valence-corrected chi connectivity index (χ3v) is 7.31. The molecule has 3 amide bonds. The van der Waals surface area contributed by atoms with E-state index in [2.05, 4.69) is 35.8 Å². The van der Waals surface area contributed by atoms with Gasteiger partial charge in [0.25, 0.3) is 5.91 Å². The smallest absolute Gasteiger partial charge is 0.325 e. The van der Waals surface area contributed by atoms with Gasteiger partial charge in [0.05, 0.1) is 37.7 Å². The topological polar surface area (TPSA) is 140 Å². The number of nitrogens with zero attached hydrogens (tertiary/aromatic N) is 4. The van der Waals surface area contributed by atoms with Crippen molar-refractivity contribution in [2.45, 2.75) is 31.8 Å². The van der Waals surface area contributed by atoms with Crippen molar-refractivity contribution in [3.63, 3.8) is 0 Å². The van der Waals surface area contributed by atoms with Crippen molar-refractivity contribution >= 4 is 39.9 Å². The number of carbonyl (C=O) groups excluding carboxylic acids is 2. The van der Waals surface area contributed by atoms with Crippen molar-refractivity contribution in [2.75, 3.05) is 49.5 Å². The van der Waals surface area contributed by atoms with Gasteiger partial charge in [-0.1, -0.05) is 23.5 Å². The number of carbonyl (C=O) groups is 2. The van der Waals surface area contributed by atoms with Crippen molar-refractivity contribution in [1.82, 2.24) is 20.3 Å². The Morgan fingerprint density at radius 3 is 2.68 bits per heavy atom. The normalized spacial score (nSPS) is 15.4. The molecule has 3 N–H and O–H groups in total. The van der Waals surface area contributed by atoms with Gasteiger partial charge in [0.2, 0.25) is 5.88 Å². The average Bonchev–Trinajstić information content (AvgIpc) is 3.34. The van der Waals surface area contributed by atoms with E-state index in [0.717, 1.165) is 23.4 Å². The van der Waals surface area contributed by atoms with Crippen LogP contribution in [0.15, 0.2) is 30.3 Å². The molecule has 0 spiro atoms. The highest BCUT2D eigenvalue weighted by Gasteiger charge is 2.24. The Morgan fingerprint density at radius 2 is 1.89 bits per heavy atom. The van der Waals surface area contributed by atoms with Crippen LogP contribution in [0.25, 0.3) is 0 Å². The van der Waals surface area contributed by atoms with E-state index in [9.17, 15) is 9.59 Å². The third kappa shape index (κ3) is 5.94. The number of thiazole rings is 1. The first-order valence-electron chi connectivity index (χ1n) is 12.3. The highest BCUT2D eigenvalue weighted by molar-refractivity contribution is 7.15. The Kier molecular flexibility index (Phi) is 7.84. The van der Waals surface area contributed by atoms with Crippen LogP contribution < -0.4 is 30.3 Å². The summed E-state index contributed by atoms with van der Waals surface area (Å²) < 4.78 is 15.8. The summed E-state index contributed by atoms with van der Waals surface area (Å²) in [6.07, 6.45) is 2.23. The summed E-state index contributed by atoms with van der Waals surface area (Å²) in [7, 11) is 3.05. The lowest BCUT2D eigenvalue weighted by atomic mass is 10.1. The Labute approximate surface area is 223 Å². The molecular weight excluding hydrogens is 510 g/mol. The van der Waals surface area contributed by atoms with Crippen molar-refractivity contribution < 1.29 is 23.8 Å². The van der Waals surface area contributed by atoms with Crippen LogP contribution in [0.4, 0.5) is 21.4 Å². The van der Waals surface area contributed by atoms with E-state index in [4.69, 9.17) is 14.2 Å². The first-order valence-corrected chi connectivity index (χ1v) is 13.1. The van der Waals surface area contributed by atoms with E-state index in [-0.39, 0.29) is 18.0 Å². The number of fused-ring (bicyclic) bond motifs is 1. The molecule has 0 atom stereocenters. The monoisotopic (exact) mass is 539 g/mol. The lowest BCUT2D eigenvalue weighted by molar-refractivity contribution is 0.0697. The second-order valence-electron chi connectivity index (χ2n) is 8.80. The molecule has 3 aromatic rings. The quantitative estimate of drug-likeness (QED) is 0.413. The van der Waals surface area contributed by atoms with Crippen LogP contribution in [0.2, 0.25) is 0 Å². The van der Waals surface area contributed by atoms with Crippen molar-refractivity contribution in [1.29, 1.82) is 0 Å². The maximum absolute atomic E-state index is 12.9. The highest BCUT2D eigenvalue weighted by Crippen LogP contribution is 2.32. The molecule has 1 saturated heterocycles. The van der Waals surface area contributed by atoms with Crippen LogP contribution in [0.5, 0.6) is 11.9 Å². The number of nitrogens with one attached hydrogen (secondary N) is 3. The zero-order valence-electron chi connectivity index (χ0n) is 21.2. The molecule has 2 aromatic heterocycles. The largest absolute Gasteiger partial charge is 0.481 e. The molecule has 200 valence electrons. The van der Waals surface area contributed by atoms with Gasteiger partial charge in [-0.25, -0.2) is 9.78 Å². The van der Waals surface area contributed by atoms with Crippen molar-refractivity contribution in [3.8, 4) is 11.9 Å². The second-order valence-corrected chi connectivity index (χ2v) is 9.88. The maximum Gasteiger partial charge on any atom is 0.325 e. The highest BCUT2D eigenvalue weighted by atomic mass is 32.1. The molecule has 0 radical (unpaired) electrons. The SMILES string of the molecule is COc1cc(N2CCc3nc(NC(=O)Nc4ccccc4C(=O)NC4CCOCC4)sc3C2)nc(OC)n1. The van der Waals surface area contributed by atoms with Crippen molar-refractivity contribution in [3.05, 3.63) is 46.5 Å². The van der Waals surface area contributed by atoms with E-state index >= 15 is 0 Å². The molecular formula is C25H29N7O5S. The molecule has 0 bridgehead atoms. The first kappa shape index (κ1) is 25.7. The molecule has 1 aromatic carbocycles. The molecule has 38 heavy (non-hydrogen) atoms. The Hall–Kier alpha value is -3.97. The number of anilines is 3. The summed E-state index contributed by atoms with van der Waals surface area (Å²) in [6.45, 7) is 2.53. The number of para-hydroxylation sites is 1. The van der Waals surface area contributed by atoms with Gasteiger partial charge in [-0.3, -0.25) is 10.1 Å². The zero-order valence-corrected chi connectivity index (χ0v) is 22.0. The minimum absolute atomic E-state index is 0.0591. The second kappa shape index (κ2) is 11.6. The Balaban J connectivity index is 1.23. The molecule has 2 aliphatic heterocycles. The van der Waals surface area contributed by atoms with Gasteiger partial charge in [0, 0.05) is 43.2 Å². The number of amides is 3. The molecule has 0 unspecified atom stereocenters. The standard InChI is InChI=1S/C25H29N7O5S/c1-35-21-13-20(29-24(30-21)36-2)32-10-7-18-19(14-32)38-25(28-18)31-23(34)27-17-6-4-3-5-16(17)22(33)26-15-8-11-37-12-9-15/h3-6,13,15H,7-12,14H2,1-2H3,(H,26,33)(H2,27,28,31,34). The summed E-state index contributed by atoms with van der Waals surface area (Å²) in [5.74, 6) is 0.883. The van der Waals surface area contributed by atoms with Crippen molar-refractivity contribution in [2.24, 2.45) is 0 Å². The lowest BCUT2D eigenvalue weighted by Crippen LogP contribution is -2.39. The van der Waals surface area contributed by atoms with E-state index in [1.807, 2.05) is 0 Å². The zero-order chi connectivity index (χ0) is 26.5. The summed E-state index contributed by atoms with van der Waals surface area (Å²) in [5.41, 5.74) is 1.76. The minimum atomic E-state index is -0.468. The molecule has 0 aliphatic carbocycles. The van der Waals surface area contributed by atoms with Gasteiger partial charge < -0.3 is 29.7 Å². The van der Waals surface area contributed by atoms with Crippen LogP contribution in [-0.2, 0) is 17.7 Å². The van der Waals surface area contributed by atoms with Gasteiger partial charge in [-0.2, -0.15) is 9.97 Å². The number of benzene rings is 1. The Bertz CT molecular complexity index is 1290. The summed E-state index contributed by atoms with van der Waals surface area (Å²) in [4.78, 5) is 42.0. The average molecular weight is 540 g/mol. The van der Waals surface area contributed by atoms with Crippen LogP contribution in [0.3, 0.4) is 0 Å². The lowest BCUT2D eigenvalue weighted by Gasteiger charge is -2.27. The van der Waals surface area contributed by atoms with Crippen LogP contribution in [-0.4, -0.2) is 66.9 Å². The summed E-state index contributed by atoms with van der Waals surface area (Å²) in [6, 6.07) is 8.52. The maximum atomic E-state index is 12.9. The molecule has 12 nitrogen and oxygen atoms in total. The van der Waals surface area contributed by atoms with Crippen LogP contribution in [0, 0.1) is 0 Å². The fraction of sp³-hybridized carbons (Fsp3) is 0.400. The summed E-state index contributed by atoms with van der Waals surface area (Å²) in [5, 5.41) is 9.12. The fourth-order valence-electron chi connectivity index (χ4n) is 4.34. The number of hydrogen-bond donors (Lipinski definition) is 3. The van der Waals surface area contributed by atoms with Crippen LogP contribution >= 0.6 is 11.3 Å². The minimum Gasteiger partial charge on any atom is -0.481 e. The molecule has 4 heterocycles. The predicted molar refractivity (Wildman–Crippen MR) is 142 cm³/mol. The third-order valence-electron chi connectivity index (χ3n) is 6.31. The molecule has 2 aliphatic rings. The van der Waals surface area contributed by atoms with Gasteiger partial charge in [-0.15, -0.1) is 0 Å². The van der Waals surface area contributed by atoms with E-state index in [0.29, 0.717) is 60.8 Å². The van der Waals surface area contributed by atoms with E-state index in [1.165, 1.54) is 18.4 Å². The van der Waals surface area contributed by atoms with Gasteiger partial charge in [0.15, 0.2) is 5.13 Å². The molecule has 13 heteroatoms. The first-order chi connectivity index (χ1) is 18.5. The number of rotatable bonds is 7. The van der Waals surface area contributed by atoms with Gasteiger partial charge >= 0.3 is 12.0 Å². The Morgan fingerprint density at radius 1 is 1.08 bits per heavy atom. The molecule has 0 saturated carbocycles. The van der Waals surface area contributed by atoms with Gasteiger partial charge in [0.1, 0.15) is 5.82 Å². The number of urea groups is 1. The fourth-order valence-corrected chi connectivity index (χ4v) is 5.36. The molecule has 5 rings (SSSR count). The van der Waals surface area contributed by atoms with Gasteiger partial charge in [-0.05, 0) is 25.0 Å².